The highest BCUT2D eigenvalue weighted by Gasteiger charge is 2.16. The lowest BCUT2D eigenvalue weighted by Crippen LogP contribution is -2.21. The van der Waals surface area contributed by atoms with Crippen LogP contribution in [0, 0.1) is 0 Å². The van der Waals surface area contributed by atoms with Crippen molar-refractivity contribution in [1.29, 1.82) is 0 Å². The molecule has 5 nitrogen and oxygen atoms in total. The van der Waals surface area contributed by atoms with E-state index in [4.69, 9.17) is 4.74 Å². The summed E-state index contributed by atoms with van der Waals surface area (Å²) in [5.74, 6) is -0.886. The van der Waals surface area contributed by atoms with E-state index in [1.807, 2.05) is 90.5 Å². The van der Waals surface area contributed by atoms with Gasteiger partial charge < -0.3 is 14.6 Å². The number of fused-ring (bicyclic) bond motifs is 1. The number of nitrogens with one attached hydrogen (secondary N) is 1. The number of ether oxygens (including phenoxy) is 1. The summed E-state index contributed by atoms with van der Waals surface area (Å²) >= 11 is 0. The van der Waals surface area contributed by atoms with Crippen molar-refractivity contribution in [3.05, 3.63) is 102 Å². The molecular weight excluding hydrogens is 376 g/mol. The lowest BCUT2D eigenvalue weighted by molar-refractivity contribution is -0.119. The standard InChI is InChI=1S/C25H22N2O3/c1-27-16-21(20-12-6-8-14-23(20)27)25(29)30-17-24(28)26-22-13-7-5-11-19(22)15-18-9-3-2-4-10-18/h2-14,16H,15,17H2,1H3,(H,26,28). The number of nitrogens with zero attached hydrogens (tertiary/aromatic N) is 1. The summed E-state index contributed by atoms with van der Waals surface area (Å²) in [6.45, 7) is -0.346. The molecule has 0 saturated heterocycles. The van der Waals surface area contributed by atoms with Crippen LogP contribution >= 0.6 is 0 Å². The number of amides is 1. The van der Waals surface area contributed by atoms with Crippen molar-refractivity contribution in [2.24, 2.45) is 7.05 Å². The van der Waals surface area contributed by atoms with Gasteiger partial charge in [0.05, 0.1) is 5.56 Å². The van der Waals surface area contributed by atoms with Gasteiger partial charge in [0, 0.05) is 29.8 Å². The van der Waals surface area contributed by atoms with Crippen LogP contribution in [0.15, 0.2) is 85.1 Å². The first kappa shape index (κ1) is 19.5. The van der Waals surface area contributed by atoms with Crippen LogP contribution in [0.25, 0.3) is 10.9 Å². The molecule has 0 atom stereocenters. The summed E-state index contributed by atoms with van der Waals surface area (Å²) in [5, 5.41) is 3.66. The second-order valence-corrected chi connectivity index (χ2v) is 7.11. The maximum absolute atomic E-state index is 12.5. The predicted molar refractivity (Wildman–Crippen MR) is 118 cm³/mol. The summed E-state index contributed by atoms with van der Waals surface area (Å²) in [4.78, 5) is 24.9. The molecule has 1 N–H and O–H groups in total. The van der Waals surface area contributed by atoms with Crippen molar-refractivity contribution < 1.29 is 14.3 Å². The van der Waals surface area contributed by atoms with Crippen molar-refractivity contribution in [1.82, 2.24) is 4.57 Å². The normalized spacial score (nSPS) is 10.7. The van der Waals surface area contributed by atoms with Crippen molar-refractivity contribution in [3.8, 4) is 0 Å². The van der Waals surface area contributed by atoms with E-state index >= 15 is 0 Å². The molecule has 0 unspecified atom stereocenters. The number of benzene rings is 3. The van der Waals surface area contributed by atoms with E-state index in [1.54, 1.807) is 6.20 Å². The predicted octanol–water partition coefficient (Wildman–Crippen LogP) is 4.56. The van der Waals surface area contributed by atoms with E-state index < -0.39 is 5.97 Å². The number of carbonyl (C=O) groups excluding carboxylic acids is 2. The number of esters is 1. The first-order valence-electron chi connectivity index (χ1n) is 9.74. The lowest BCUT2D eigenvalue weighted by atomic mass is 10.0. The fraction of sp³-hybridized carbons (Fsp3) is 0.120. The van der Waals surface area contributed by atoms with Gasteiger partial charge in [-0.3, -0.25) is 4.79 Å². The first-order valence-corrected chi connectivity index (χ1v) is 9.74. The van der Waals surface area contributed by atoms with E-state index in [0.717, 1.165) is 22.0 Å². The van der Waals surface area contributed by atoms with E-state index in [2.05, 4.69) is 5.32 Å². The second kappa shape index (κ2) is 8.66. The van der Waals surface area contributed by atoms with Crippen LogP contribution in [-0.2, 0) is 23.0 Å². The van der Waals surface area contributed by atoms with Crippen LogP contribution in [0.2, 0.25) is 0 Å². The number of aromatic nitrogens is 1. The molecule has 0 radical (unpaired) electrons. The Balaban J connectivity index is 1.41. The Kier molecular flexibility index (Phi) is 5.61. The number of hydrogen-bond donors (Lipinski definition) is 1. The minimum atomic E-state index is -0.514. The van der Waals surface area contributed by atoms with Crippen molar-refractivity contribution in [3.63, 3.8) is 0 Å². The first-order chi connectivity index (χ1) is 14.6. The largest absolute Gasteiger partial charge is 0.452 e. The average molecular weight is 398 g/mol. The van der Waals surface area contributed by atoms with Gasteiger partial charge in [-0.2, -0.15) is 0 Å². The Bertz CT molecular complexity index is 1200. The van der Waals surface area contributed by atoms with Crippen LogP contribution in [0.4, 0.5) is 5.69 Å². The minimum absolute atomic E-state index is 0.346. The van der Waals surface area contributed by atoms with Crippen molar-refractivity contribution >= 4 is 28.5 Å². The van der Waals surface area contributed by atoms with Crippen molar-refractivity contribution in [2.45, 2.75) is 6.42 Å². The fourth-order valence-corrected chi connectivity index (χ4v) is 3.51. The third-order valence-corrected chi connectivity index (χ3v) is 4.98. The maximum Gasteiger partial charge on any atom is 0.340 e. The average Bonchev–Trinajstić information content (AvgIpc) is 3.11. The Morgan fingerprint density at radius 3 is 2.43 bits per heavy atom. The van der Waals surface area contributed by atoms with Gasteiger partial charge in [0.25, 0.3) is 5.91 Å². The molecule has 1 amide bonds. The second-order valence-electron chi connectivity index (χ2n) is 7.11. The molecular formula is C25H22N2O3. The van der Waals surface area contributed by atoms with E-state index in [1.165, 1.54) is 0 Å². The van der Waals surface area contributed by atoms with Crippen LogP contribution in [-0.4, -0.2) is 23.1 Å². The molecule has 0 aliphatic heterocycles. The summed E-state index contributed by atoms with van der Waals surface area (Å²) in [6.07, 6.45) is 2.42. The molecule has 0 aliphatic rings. The smallest absolute Gasteiger partial charge is 0.340 e. The molecule has 150 valence electrons. The zero-order chi connectivity index (χ0) is 20.9. The van der Waals surface area contributed by atoms with Gasteiger partial charge >= 0.3 is 5.97 Å². The molecule has 0 saturated carbocycles. The molecule has 0 spiro atoms. The van der Waals surface area contributed by atoms with Gasteiger partial charge in [-0.25, -0.2) is 4.79 Å². The van der Waals surface area contributed by atoms with Gasteiger partial charge in [-0.1, -0.05) is 66.7 Å². The molecule has 1 aromatic heterocycles. The number of hydrogen-bond acceptors (Lipinski definition) is 3. The van der Waals surface area contributed by atoms with E-state index in [9.17, 15) is 9.59 Å². The Morgan fingerprint density at radius 1 is 0.900 bits per heavy atom. The topological polar surface area (TPSA) is 60.3 Å². The number of para-hydroxylation sites is 2. The summed E-state index contributed by atoms with van der Waals surface area (Å²) in [6, 6.07) is 25.3. The Labute approximate surface area is 174 Å². The molecule has 1 heterocycles. The number of aryl methyl sites for hydroxylation is 1. The molecule has 0 bridgehead atoms. The van der Waals surface area contributed by atoms with Gasteiger partial charge in [0.1, 0.15) is 0 Å². The highest BCUT2D eigenvalue weighted by Crippen LogP contribution is 2.21. The Morgan fingerprint density at radius 2 is 1.60 bits per heavy atom. The van der Waals surface area contributed by atoms with Crippen molar-refractivity contribution in [2.75, 3.05) is 11.9 Å². The van der Waals surface area contributed by atoms with Gasteiger partial charge in [0.15, 0.2) is 6.61 Å². The summed E-state index contributed by atoms with van der Waals surface area (Å²) in [7, 11) is 1.87. The summed E-state index contributed by atoms with van der Waals surface area (Å²) in [5.41, 5.74) is 4.25. The zero-order valence-electron chi connectivity index (χ0n) is 16.7. The quantitative estimate of drug-likeness (QED) is 0.484. The van der Waals surface area contributed by atoms with Gasteiger partial charge in [0.2, 0.25) is 0 Å². The van der Waals surface area contributed by atoms with E-state index in [0.29, 0.717) is 17.7 Å². The highest BCUT2D eigenvalue weighted by atomic mass is 16.5. The molecule has 4 rings (SSSR count). The number of carbonyl (C=O) groups is 2. The third-order valence-electron chi connectivity index (χ3n) is 4.98. The van der Waals surface area contributed by atoms with E-state index in [-0.39, 0.29) is 12.5 Å². The zero-order valence-corrected chi connectivity index (χ0v) is 16.7. The van der Waals surface area contributed by atoms with Crippen LogP contribution in [0.5, 0.6) is 0 Å². The number of rotatable bonds is 6. The van der Waals surface area contributed by atoms with Gasteiger partial charge in [-0.15, -0.1) is 0 Å². The Hall–Kier alpha value is -3.86. The monoisotopic (exact) mass is 398 g/mol. The van der Waals surface area contributed by atoms with Crippen LogP contribution in [0.1, 0.15) is 21.5 Å². The summed E-state index contributed by atoms with van der Waals surface area (Å²) < 4.78 is 7.14. The maximum atomic E-state index is 12.5. The molecule has 4 aromatic rings. The van der Waals surface area contributed by atoms with Crippen LogP contribution < -0.4 is 5.32 Å². The molecule has 5 heteroatoms. The highest BCUT2D eigenvalue weighted by molar-refractivity contribution is 6.05. The number of anilines is 1. The molecule has 30 heavy (non-hydrogen) atoms. The fourth-order valence-electron chi connectivity index (χ4n) is 3.51. The van der Waals surface area contributed by atoms with Gasteiger partial charge in [-0.05, 0) is 29.7 Å². The molecule has 3 aromatic carbocycles. The SMILES string of the molecule is Cn1cc(C(=O)OCC(=O)Nc2ccccc2Cc2ccccc2)c2ccccc21. The lowest BCUT2D eigenvalue weighted by Gasteiger charge is -2.11. The molecule has 0 aliphatic carbocycles. The third kappa shape index (κ3) is 4.25. The van der Waals surface area contributed by atoms with Crippen LogP contribution in [0.3, 0.4) is 0 Å². The molecule has 0 fully saturated rings. The minimum Gasteiger partial charge on any atom is -0.452 e.